The molecule has 5 heteroatoms. The lowest BCUT2D eigenvalue weighted by Crippen LogP contribution is -2.29. The van der Waals surface area contributed by atoms with Gasteiger partial charge in [0.05, 0.1) is 6.54 Å². The Balaban J connectivity index is 1.96. The number of aryl methyl sites for hydroxylation is 1. The Labute approximate surface area is 133 Å². The van der Waals surface area contributed by atoms with Gasteiger partial charge in [0.1, 0.15) is 11.6 Å². The molecule has 0 amide bonds. The number of hydrogen-bond donors (Lipinski definition) is 0. The van der Waals surface area contributed by atoms with E-state index in [0.717, 1.165) is 22.7 Å². The molecule has 0 spiro atoms. The third kappa shape index (κ3) is 5.41. The van der Waals surface area contributed by atoms with Crippen LogP contribution in [0.1, 0.15) is 17.0 Å². The van der Waals surface area contributed by atoms with E-state index >= 15 is 0 Å². The molecule has 0 fully saturated rings. The van der Waals surface area contributed by atoms with Crippen LogP contribution in [-0.4, -0.2) is 24.5 Å². The summed E-state index contributed by atoms with van der Waals surface area (Å²) in [6.07, 6.45) is 6.17. The highest BCUT2D eigenvalue weighted by Crippen LogP contribution is 2.22. The van der Waals surface area contributed by atoms with E-state index in [4.69, 9.17) is 4.43 Å². The molecule has 116 valence electrons. The molecule has 0 aliphatic carbocycles. The Morgan fingerprint density at radius 2 is 1.82 bits per heavy atom. The fourth-order valence-corrected chi connectivity index (χ4v) is 2.76. The molecule has 0 saturated heterocycles. The van der Waals surface area contributed by atoms with Crippen LogP contribution in [0.25, 0.3) is 0 Å². The predicted molar refractivity (Wildman–Crippen MR) is 93.1 cm³/mol. The first-order chi connectivity index (χ1) is 10.4. The molecule has 0 atom stereocenters. The molecule has 0 unspecified atom stereocenters. The van der Waals surface area contributed by atoms with Crippen LogP contribution in [0.15, 0.2) is 41.7 Å². The number of rotatable bonds is 6. The molecule has 1 aromatic carbocycles. The van der Waals surface area contributed by atoms with E-state index in [-0.39, 0.29) is 0 Å². The van der Waals surface area contributed by atoms with Crippen molar-refractivity contribution in [1.82, 2.24) is 9.97 Å². The molecule has 0 aliphatic rings. The zero-order chi connectivity index (χ0) is 16.0. The lowest BCUT2D eigenvalue weighted by molar-refractivity contribution is 0.549. The summed E-state index contributed by atoms with van der Waals surface area (Å²) >= 11 is 0. The first-order valence-electron chi connectivity index (χ1n) is 7.47. The number of hydrogen-bond acceptors (Lipinski definition) is 4. The maximum Gasteiger partial charge on any atom is 0.242 e. The van der Waals surface area contributed by atoms with Crippen molar-refractivity contribution in [2.24, 2.45) is 4.99 Å². The van der Waals surface area contributed by atoms with Crippen molar-refractivity contribution >= 4 is 14.5 Å². The van der Waals surface area contributed by atoms with E-state index in [9.17, 15) is 0 Å². The highest BCUT2D eigenvalue weighted by Gasteiger charge is 2.17. The van der Waals surface area contributed by atoms with E-state index in [1.165, 1.54) is 0 Å². The topological polar surface area (TPSA) is 47.4 Å². The van der Waals surface area contributed by atoms with Gasteiger partial charge in [-0.1, -0.05) is 18.2 Å². The molecular weight excluding hydrogens is 290 g/mol. The van der Waals surface area contributed by atoms with Crippen LogP contribution in [0.2, 0.25) is 19.6 Å². The second-order valence-electron chi connectivity index (χ2n) is 6.23. The van der Waals surface area contributed by atoms with Crippen LogP contribution in [0.4, 0.5) is 0 Å². The molecule has 0 radical (unpaired) electrons. The summed E-state index contributed by atoms with van der Waals surface area (Å²) in [5.41, 5.74) is 2.18. The maximum atomic E-state index is 6.10. The zero-order valence-corrected chi connectivity index (χ0v) is 14.7. The fraction of sp³-hybridized carbons (Fsp3) is 0.353. The summed E-state index contributed by atoms with van der Waals surface area (Å²) in [5.74, 6) is 1.74. The van der Waals surface area contributed by atoms with E-state index in [1.807, 2.05) is 43.7 Å². The third-order valence-electron chi connectivity index (χ3n) is 2.89. The van der Waals surface area contributed by atoms with E-state index in [2.05, 4.69) is 40.7 Å². The van der Waals surface area contributed by atoms with Crippen molar-refractivity contribution in [2.45, 2.75) is 39.5 Å². The molecule has 1 heterocycles. The number of aliphatic imine (C=N–C) groups is 1. The molecule has 1 aromatic heterocycles. The predicted octanol–water partition coefficient (Wildman–Crippen LogP) is 3.81. The molecule has 0 bridgehead atoms. The molecule has 22 heavy (non-hydrogen) atoms. The quantitative estimate of drug-likeness (QED) is 0.602. The minimum absolute atomic E-state index is 0.618. The first kappa shape index (κ1) is 16.4. The standard InChI is InChI=1S/C17H23N3OSi/c1-14-11-19-17(20-12-14)9-10-18-13-15-7-5-6-8-16(15)21-22(2,3)4/h5-8,10-12H,9,13H2,1-4H3. The number of para-hydroxylation sites is 1. The molecule has 2 rings (SSSR count). The molecule has 4 nitrogen and oxygen atoms in total. The smallest absolute Gasteiger partial charge is 0.242 e. The van der Waals surface area contributed by atoms with Gasteiger partial charge >= 0.3 is 0 Å². The van der Waals surface area contributed by atoms with E-state index < -0.39 is 8.32 Å². The minimum Gasteiger partial charge on any atom is -0.544 e. The van der Waals surface area contributed by atoms with Crippen molar-refractivity contribution in [3.8, 4) is 5.75 Å². The Morgan fingerprint density at radius 3 is 2.50 bits per heavy atom. The highest BCUT2D eigenvalue weighted by atomic mass is 28.4. The van der Waals surface area contributed by atoms with Crippen LogP contribution in [0.3, 0.4) is 0 Å². The van der Waals surface area contributed by atoms with Gasteiger partial charge in [-0.15, -0.1) is 0 Å². The van der Waals surface area contributed by atoms with Gasteiger partial charge in [0.15, 0.2) is 0 Å². The van der Waals surface area contributed by atoms with Gasteiger partial charge in [-0.2, -0.15) is 0 Å². The monoisotopic (exact) mass is 313 g/mol. The van der Waals surface area contributed by atoms with Crippen molar-refractivity contribution in [3.05, 3.63) is 53.6 Å². The maximum absolute atomic E-state index is 6.10. The summed E-state index contributed by atoms with van der Waals surface area (Å²) in [6, 6.07) is 8.11. The lowest BCUT2D eigenvalue weighted by Gasteiger charge is -2.21. The summed E-state index contributed by atoms with van der Waals surface area (Å²) in [7, 11) is -1.61. The Hall–Kier alpha value is -2.01. The van der Waals surface area contributed by atoms with Crippen LogP contribution in [0, 0.1) is 6.92 Å². The fourth-order valence-electron chi connectivity index (χ4n) is 1.90. The van der Waals surface area contributed by atoms with E-state index in [1.54, 1.807) is 0 Å². The largest absolute Gasteiger partial charge is 0.544 e. The first-order valence-corrected chi connectivity index (χ1v) is 10.9. The number of aromatic nitrogens is 2. The molecular formula is C17H23N3OSi. The van der Waals surface area contributed by atoms with Crippen LogP contribution < -0.4 is 4.43 Å². The highest BCUT2D eigenvalue weighted by molar-refractivity contribution is 6.70. The van der Waals surface area contributed by atoms with Gasteiger partial charge in [0.25, 0.3) is 0 Å². The number of nitrogens with zero attached hydrogens (tertiary/aromatic N) is 3. The molecule has 0 aliphatic heterocycles. The minimum atomic E-state index is -1.61. The van der Waals surface area contributed by atoms with E-state index in [0.29, 0.717) is 13.0 Å². The Morgan fingerprint density at radius 1 is 1.14 bits per heavy atom. The number of benzene rings is 1. The SMILES string of the molecule is Cc1cnc(CC=NCc2ccccc2O[Si](C)(C)C)nc1. The summed E-state index contributed by atoms with van der Waals surface area (Å²) in [5, 5.41) is 0. The van der Waals surface area contributed by atoms with Crippen LogP contribution in [0.5, 0.6) is 5.75 Å². The van der Waals surface area contributed by atoms with Crippen molar-refractivity contribution < 1.29 is 4.43 Å². The Kier molecular flexibility index (Phi) is 5.44. The molecule has 2 aromatic rings. The van der Waals surface area contributed by atoms with Gasteiger partial charge in [-0.3, -0.25) is 4.99 Å². The summed E-state index contributed by atoms with van der Waals surface area (Å²) in [4.78, 5) is 13.0. The van der Waals surface area contributed by atoms with Crippen molar-refractivity contribution in [2.75, 3.05) is 0 Å². The molecule has 0 N–H and O–H groups in total. The Bertz CT molecular complexity index is 633. The third-order valence-corrected chi connectivity index (χ3v) is 3.72. The van der Waals surface area contributed by atoms with Gasteiger partial charge in [-0.05, 0) is 38.2 Å². The lowest BCUT2D eigenvalue weighted by atomic mass is 10.2. The average Bonchev–Trinajstić information content (AvgIpc) is 2.45. The summed E-state index contributed by atoms with van der Waals surface area (Å²) in [6.45, 7) is 9.14. The van der Waals surface area contributed by atoms with Crippen LogP contribution >= 0.6 is 0 Å². The van der Waals surface area contributed by atoms with Gasteiger partial charge in [-0.25, -0.2) is 9.97 Å². The normalized spacial score (nSPS) is 11.8. The van der Waals surface area contributed by atoms with Gasteiger partial charge in [0, 0.05) is 30.6 Å². The second kappa shape index (κ2) is 7.31. The summed E-state index contributed by atoms with van der Waals surface area (Å²) < 4.78 is 6.10. The molecule has 0 saturated carbocycles. The van der Waals surface area contributed by atoms with Crippen LogP contribution in [-0.2, 0) is 13.0 Å². The zero-order valence-electron chi connectivity index (χ0n) is 13.7. The van der Waals surface area contributed by atoms with Crippen molar-refractivity contribution in [3.63, 3.8) is 0 Å². The second-order valence-corrected chi connectivity index (χ2v) is 10.7. The average molecular weight is 313 g/mol. The van der Waals surface area contributed by atoms with Gasteiger partial charge < -0.3 is 4.43 Å². The van der Waals surface area contributed by atoms with Gasteiger partial charge in [0.2, 0.25) is 8.32 Å². The van der Waals surface area contributed by atoms with Crippen molar-refractivity contribution in [1.29, 1.82) is 0 Å².